The zero-order valence-electron chi connectivity index (χ0n) is 11.5. The molecule has 1 unspecified atom stereocenters. The molecule has 0 bridgehead atoms. The van der Waals surface area contributed by atoms with Crippen molar-refractivity contribution in [3.8, 4) is 0 Å². The van der Waals surface area contributed by atoms with E-state index in [1.54, 1.807) is 0 Å². The van der Waals surface area contributed by atoms with Gasteiger partial charge in [-0.05, 0) is 14.0 Å². The van der Waals surface area contributed by atoms with Crippen molar-refractivity contribution in [2.45, 2.75) is 13.0 Å². The average Bonchev–Trinajstić information content (AvgIpc) is 2.36. The first-order chi connectivity index (χ1) is 9.17. The van der Waals surface area contributed by atoms with Gasteiger partial charge in [-0.2, -0.15) is 9.97 Å². The molecular weight excluding hydrogens is 244 g/mol. The number of anilines is 3. The summed E-state index contributed by atoms with van der Waals surface area (Å²) in [6.07, 6.45) is 0.178. The van der Waals surface area contributed by atoms with E-state index in [0.717, 1.165) is 37.9 Å². The number of ether oxygens (including phenoxy) is 1. The first kappa shape index (κ1) is 13.8. The molecule has 0 aliphatic carbocycles. The summed E-state index contributed by atoms with van der Waals surface area (Å²) in [5.41, 5.74) is 5.68. The van der Waals surface area contributed by atoms with Gasteiger partial charge in [0.25, 0.3) is 0 Å². The fourth-order valence-corrected chi connectivity index (χ4v) is 2.04. The van der Waals surface area contributed by atoms with E-state index in [1.807, 2.05) is 13.0 Å². The van der Waals surface area contributed by atoms with E-state index in [4.69, 9.17) is 10.5 Å². The molecule has 0 saturated carbocycles. The van der Waals surface area contributed by atoms with E-state index < -0.39 is 0 Å². The van der Waals surface area contributed by atoms with Crippen LogP contribution in [0.15, 0.2) is 6.07 Å². The van der Waals surface area contributed by atoms with E-state index >= 15 is 0 Å². The third-order valence-corrected chi connectivity index (χ3v) is 2.95. The van der Waals surface area contributed by atoms with Gasteiger partial charge in [-0.3, -0.25) is 0 Å². The minimum atomic E-state index is 0.178. The zero-order valence-corrected chi connectivity index (χ0v) is 11.5. The molecule has 1 aromatic heterocycles. The molecule has 0 radical (unpaired) electrons. The Kier molecular flexibility index (Phi) is 4.75. The molecule has 2 heterocycles. The van der Waals surface area contributed by atoms with Crippen LogP contribution in [0, 0.1) is 0 Å². The van der Waals surface area contributed by atoms with Gasteiger partial charge in [0.1, 0.15) is 11.6 Å². The molecular formula is C12H22N6O. The largest absolute Gasteiger partial charge is 0.374 e. The maximum absolute atomic E-state index is 5.68. The zero-order chi connectivity index (χ0) is 13.7. The van der Waals surface area contributed by atoms with Crippen LogP contribution in [-0.2, 0) is 4.74 Å². The van der Waals surface area contributed by atoms with Crippen LogP contribution < -0.4 is 16.4 Å². The predicted octanol–water partition coefficient (Wildman–Crippen LogP) is 0.233. The molecule has 1 atom stereocenters. The number of nitrogens with two attached hydrogens (primary N) is 1. The molecule has 4 N–H and O–H groups in total. The number of hydrogen-bond acceptors (Lipinski definition) is 7. The van der Waals surface area contributed by atoms with E-state index in [-0.39, 0.29) is 12.1 Å². The monoisotopic (exact) mass is 266 g/mol. The molecule has 2 rings (SSSR count). The quantitative estimate of drug-likeness (QED) is 0.703. The molecule has 0 spiro atoms. The highest BCUT2D eigenvalue weighted by molar-refractivity contribution is 5.50. The van der Waals surface area contributed by atoms with E-state index in [2.05, 4.69) is 32.5 Å². The van der Waals surface area contributed by atoms with Gasteiger partial charge in [-0.1, -0.05) is 0 Å². The van der Waals surface area contributed by atoms with Crippen LogP contribution in [-0.4, -0.2) is 60.8 Å². The molecule has 1 saturated heterocycles. The van der Waals surface area contributed by atoms with E-state index in [1.165, 1.54) is 0 Å². The van der Waals surface area contributed by atoms with Crippen molar-refractivity contribution in [3.63, 3.8) is 0 Å². The standard InChI is InChI=1S/C12H22N6O/c1-3-14-10-6-11(17-12(13)16-10)15-7-9-8-18(2)4-5-19-9/h6,9H,3-5,7-8H2,1-2H3,(H4,13,14,15,16,17). The molecule has 0 aromatic carbocycles. The number of morpholine rings is 1. The van der Waals surface area contributed by atoms with Gasteiger partial charge in [0.2, 0.25) is 5.95 Å². The molecule has 19 heavy (non-hydrogen) atoms. The normalized spacial score (nSPS) is 20.2. The topological polar surface area (TPSA) is 88.3 Å². The number of likely N-dealkylation sites (N-methyl/N-ethyl adjacent to an activating group) is 1. The summed E-state index contributed by atoms with van der Waals surface area (Å²) in [5, 5.41) is 6.37. The summed E-state index contributed by atoms with van der Waals surface area (Å²) >= 11 is 0. The Labute approximate surface area is 113 Å². The van der Waals surface area contributed by atoms with Crippen molar-refractivity contribution in [2.75, 3.05) is 56.2 Å². The summed E-state index contributed by atoms with van der Waals surface area (Å²) in [6.45, 7) is 6.21. The van der Waals surface area contributed by atoms with Gasteiger partial charge in [0.15, 0.2) is 0 Å². The Morgan fingerprint density at radius 1 is 1.42 bits per heavy atom. The van der Waals surface area contributed by atoms with Crippen LogP contribution in [0.3, 0.4) is 0 Å². The maximum atomic E-state index is 5.68. The summed E-state index contributed by atoms with van der Waals surface area (Å²) in [7, 11) is 2.10. The van der Waals surface area contributed by atoms with Crippen molar-refractivity contribution < 1.29 is 4.74 Å². The Hall–Kier alpha value is -1.60. The smallest absolute Gasteiger partial charge is 0.223 e. The first-order valence-corrected chi connectivity index (χ1v) is 6.60. The Bertz CT molecular complexity index is 413. The lowest BCUT2D eigenvalue weighted by molar-refractivity contribution is -0.0117. The fraction of sp³-hybridized carbons (Fsp3) is 0.667. The number of nitrogen functional groups attached to an aromatic ring is 1. The predicted molar refractivity (Wildman–Crippen MR) is 76.3 cm³/mol. The molecule has 1 fully saturated rings. The van der Waals surface area contributed by atoms with Crippen LogP contribution in [0.2, 0.25) is 0 Å². The number of hydrogen-bond donors (Lipinski definition) is 3. The molecule has 0 amide bonds. The lowest BCUT2D eigenvalue weighted by Crippen LogP contribution is -2.43. The van der Waals surface area contributed by atoms with Crippen LogP contribution >= 0.6 is 0 Å². The van der Waals surface area contributed by atoms with Crippen LogP contribution in [0.4, 0.5) is 17.6 Å². The fourth-order valence-electron chi connectivity index (χ4n) is 2.04. The maximum Gasteiger partial charge on any atom is 0.223 e. The van der Waals surface area contributed by atoms with Gasteiger partial charge in [-0.15, -0.1) is 0 Å². The summed E-state index contributed by atoms with van der Waals surface area (Å²) in [4.78, 5) is 10.5. The second kappa shape index (κ2) is 6.53. The molecule has 1 aliphatic heterocycles. The van der Waals surface area contributed by atoms with Gasteiger partial charge < -0.3 is 26.0 Å². The van der Waals surface area contributed by atoms with Crippen LogP contribution in [0.5, 0.6) is 0 Å². The summed E-state index contributed by atoms with van der Waals surface area (Å²) in [5.74, 6) is 1.72. The van der Waals surface area contributed by atoms with Gasteiger partial charge >= 0.3 is 0 Å². The Morgan fingerprint density at radius 3 is 2.84 bits per heavy atom. The second-order valence-electron chi connectivity index (χ2n) is 4.66. The Balaban J connectivity index is 1.91. The number of nitrogens with one attached hydrogen (secondary N) is 2. The minimum Gasteiger partial charge on any atom is -0.374 e. The molecule has 1 aliphatic rings. The highest BCUT2D eigenvalue weighted by Crippen LogP contribution is 2.13. The second-order valence-corrected chi connectivity index (χ2v) is 4.66. The third kappa shape index (κ3) is 4.22. The Morgan fingerprint density at radius 2 is 2.16 bits per heavy atom. The molecule has 1 aromatic rings. The molecule has 7 heteroatoms. The molecule has 106 valence electrons. The van der Waals surface area contributed by atoms with Crippen molar-refractivity contribution in [3.05, 3.63) is 6.07 Å². The van der Waals surface area contributed by atoms with E-state index in [9.17, 15) is 0 Å². The molecule has 7 nitrogen and oxygen atoms in total. The average molecular weight is 266 g/mol. The van der Waals surface area contributed by atoms with Gasteiger partial charge in [0, 0.05) is 32.2 Å². The summed E-state index contributed by atoms with van der Waals surface area (Å²) < 4.78 is 5.68. The number of rotatable bonds is 5. The number of aromatic nitrogens is 2. The lowest BCUT2D eigenvalue weighted by atomic mass is 10.3. The number of nitrogens with zero attached hydrogens (tertiary/aromatic N) is 3. The van der Waals surface area contributed by atoms with Crippen molar-refractivity contribution >= 4 is 17.6 Å². The van der Waals surface area contributed by atoms with Crippen LogP contribution in [0.1, 0.15) is 6.92 Å². The van der Waals surface area contributed by atoms with Crippen molar-refractivity contribution in [1.29, 1.82) is 0 Å². The highest BCUT2D eigenvalue weighted by Gasteiger charge is 2.17. The third-order valence-electron chi connectivity index (χ3n) is 2.95. The van der Waals surface area contributed by atoms with Crippen LogP contribution in [0.25, 0.3) is 0 Å². The van der Waals surface area contributed by atoms with Gasteiger partial charge in [0.05, 0.1) is 12.7 Å². The van der Waals surface area contributed by atoms with Gasteiger partial charge in [-0.25, -0.2) is 0 Å². The van der Waals surface area contributed by atoms with E-state index in [0.29, 0.717) is 6.54 Å². The lowest BCUT2D eigenvalue weighted by Gasteiger charge is -2.30. The minimum absolute atomic E-state index is 0.178. The van der Waals surface area contributed by atoms with Crippen molar-refractivity contribution in [1.82, 2.24) is 14.9 Å². The summed E-state index contributed by atoms with van der Waals surface area (Å²) in [6, 6.07) is 1.85. The highest BCUT2D eigenvalue weighted by atomic mass is 16.5. The van der Waals surface area contributed by atoms with Crippen molar-refractivity contribution in [2.24, 2.45) is 0 Å². The first-order valence-electron chi connectivity index (χ1n) is 6.60. The SMILES string of the molecule is CCNc1cc(NCC2CN(C)CCO2)nc(N)n1.